The lowest BCUT2D eigenvalue weighted by molar-refractivity contribution is 0.598. The van der Waals surface area contributed by atoms with Crippen LogP contribution in [0.4, 0.5) is 11.6 Å². The second kappa shape index (κ2) is 18.8. The van der Waals surface area contributed by atoms with Crippen LogP contribution in [0.3, 0.4) is 0 Å². The van der Waals surface area contributed by atoms with Gasteiger partial charge in [-0.1, -0.05) is 149 Å². The zero-order valence-electron chi connectivity index (χ0n) is 34.4. The Hall–Kier alpha value is -5.60. The van der Waals surface area contributed by atoms with E-state index in [1.807, 2.05) is 0 Å². The molecule has 0 saturated carbocycles. The summed E-state index contributed by atoms with van der Waals surface area (Å²) in [7, 11) is 0. The molecule has 8 rings (SSSR count). The van der Waals surface area contributed by atoms with Crippen LogP contribution >= 0.6 is 0 Å². The molecule has 0 aliphatic heterocycles. The third kappa shape index (κ3) is 8.35. The number of aryl methyl sites for hydroxylation is 2. The number of hydrogen-bond donors (Lipinski definition) is 1. The molecule has 0 bridgehead atoms. The predicted molar refractivity (Wildman–Crippen MR) is 242 cm³/mol. The van der Waals surface area contributed by atoms with E-state index in [0.29, 0.717) is 0 Å². The molecule has 0 atom stereocenters. The molecular weight excluding hydrogens is 713 g/mol. The quantitative estimate of drug-likeness (QED) is 0.0776. The number of pyridine rings is 2. The van der Waals surface area contributed by atoms with Crippen molar-refractivity contribution >= 4 is 55.5 Å². The number of hydrogen-bond acceptors (Lipinski definition) is 6. The Bertz CT molecular complexity index is 2400. The first-order valence-electron chi connectivity index (χ1n) is 21.8. The molecule has 0 spiro atoms. The van der Waals surface area contributed by atoms with Gasteiger partial charge in [-0.25, -0.2) is 19.9 Å². The highest BCUT2D eigenvalue weighted by molar-refractivity contribution is 6.11. The summed E-state index contributed by atoms with van der Waals surface area (Å²) in [6.45, 7) is 7.52. The molecule has 8 heteroatoms. The first-order chi connectivity index (χ1) is 28.7. The lowest BCUT2D eigenvalue weighted by Crippen LogP contribution is -2.22. The third-order valence-electron chi connectivity index (χ3n) is 11.5. The highest BCUT2D eigenvalue weighted by atomic mass is 15.3. The van der Waals surface area contributed by atoms with Gasteiger partial charge in [-0.05, 0) is 55.5 Å². The summed E-state index contributed by atoms with van der Waals surface area (Å²) < 4.78 is 4.93. The zero-order valence-corrected chi connectivity index (χ0v) is 34.4. The van der Waals surface area contributed by atoms with Gasteiger partial charge in [0.15, 0.2) is 11.6 Å². The number of rotatable bonds is 20. The second-order valence-corrected chi connectivity index (χ2v) is 15.8. The molecule has 0 aliphatic carbocycles. The lowest BCUT2D eigenvalue weighted by atomic mass is 10.1. The van der Waals surface area contributed by atoms with Crippen LogP contribution in [0.5, 0.6) is 0 Å². The monoisotopic (exact) mass is 770 g/mol. The molecule has 58 heavy (non-hydrogen) atoms. The highest BCUT2D eigenvalue weighted by Crippen LogP contribution is 2.40. The van der Waals surface area contributed by atoms with E-state index in [9.17, 15) is 0 Å². The molecular formula is C50H58N8. The minimum Gasteiger partial charge on any atom is -0.330 e. The van der Waals surface area contributed by atoms with Crippen molar-refractivity contribution in [3.05, 3.63) is 132 Å². The van der Waals surface area contributed by atoms with Crippen LogP contribution in [0.25, 0.3) is 43.9 Å². The van der Waals surface area contributed by atoms with E-state index in [-0.39, 0.29) is 0 Å². The fraction of sp³-hybridized carbons (Fsp3) is 0.360. The van der Waals surface area contributed by atoms with E-state index in [4.69, 9.17) is 25.7 Å². The fourth-order valence-corrected chi connectivity index (χ4v) is 8.47. The van der Waals surface area contributed by atoms with Gasteiger partial charge < -0.3 is 19.8 Å². The van der Waals surface area contributed by atoms with E-state index < -0.39 is 0 Å². The Morgan fingerprint density at radius 1 is 0.483 bits per heavy atom. The maximum Gasteiger partial charge on any atom is 0.163 e. The molecule has 2 N–H and O–H groups in total. The fourth-order valence-electron chi connectivity index (χ4n) is 8.47. The molecule has 0 saturated heterocycles. The maximum absolute atomic E-state index is 5.84. The largest absolute Gasteiger partial charge is 0.330 e. The zero-order chi connectivity index (χ0) is 39.7. The number of imidazole rings is 2. The SMILES string of the molecule is CCCCc1nc2c(N(CCCCCCCCN)c3nc4ccccc4c4c3nc(CCCC)n4Cc3ccccc3)nc3ccccc3c2n1Cc1ccccc1. The van der Waals surface area contributed by atoms with E-state index in [1.54, 1.807) is 0 Å². The van der Waals surface area contributed by atoms with Gasteiger partial charge in [0.2, 0.25) is 0 Å². The van der Waals surface area contributed by atoms with Gasteiger partial charge in [0.1, 0.15) is 22.7 Å². The van der Waals surface area contributed by atoms with Gasteiger partial charge in [-0.3, -0.25) is 0 Å². The molecule has 0 unspecified atom stereocenters. The number of aromatic nitrogens is 6. The lowest BCUT2D eigenvalue weighted by Gasteiger charge is -2.25. The van der Waals surface area contributed by atoms with Crippen molar-refractivity contribution in [3.63, 3.8) is 0 Å². The standard InChI is InChI=1S/C50H58N8/c1-3-5-31-43-54-45-47(57(43)35-37-23-13-11-14-24-37)39-27-17-19-29-41(39)52-49(45)56(34-22-10-8-7-9-21-33-51)50-46-48(40-28-18-20-30-42(40)53-50)58(44(55-46)32-6-4-2)36-38-25-15-12-16-26-38/h11-20,23-30H,3-10,21-22,31-36,51H2,1-2H3. The Kier molecular flexibility index (Phi) is 12.7. The number of benzene rings is 4. The van der Waals surface area contributed by atoms with Gasteiger partial charge in [-0.2, -0.15) is 0 Å². The van der Waals surface area contributed by atoms with Crippen LogP contribution in [0, 0.1) is 0 Å². The maximum atomic E-state index is 5.84. The molecule has 4 heterocycles. The van der Waals surface area contributed by atoms with Gasteiger partial charge in [0.05, 0.1) is 22.1 Å². The first kappa shape index (κ1) is 39.2. The highest BCUT2D eigenvalue weighted by Gasteiger charge is 2.28. The topological polar surface area (TPSA) is 90.7 Å². The molecule has 0 fully saturated rings. The van der Waals surface area contributed by atoms with Gasteiger partial charge >= 0.3 is 0 Å². The van der Waals surface area contributed by atoms with Gasteiger partial charge in [0.25, 0.3) is 0 Å². The smallest absolute Gasteiger partial charge is 0.163 e. The third-order valence-corrected chi connectivity index (χ3v) is 11.5. The Balaban J connectivity index is 1.37. The number of para-hydroxylation sites is 2. The Labute approximate surface area is 343 Å². The number of nitrogens with zero attached hydrogens (tertiary/aromatic N) is 7. The number of unbranched alkanes of at least 4 members (excludes halogenated alkanes) is 7. The normalized spacial score (nSPS) is 11.8. The van der Waals surface area contributed by atoms with Crippen molar-refractivity contribution in [1.82, 2.24) is 29.1 Å². The average molecular weight is 771 g/mol. The minimum absolute atomic E-state index is 0.746. The number of fused-ring (bicyclic) bond motifs is 6. The molecule has 8 aromatic rings. The molecule has 298 valence electrons. The van der Waals surface area contributed by atoms with Crippen molar-refractivity contribution in [2.45, 2.75) is 104 Å². The Morgan fingerprint density at radius 2 is 0.914 bits per heavy atom. The average Bonchev–Trinajstić information content (AvgIpc) is 3.81. The van der Waals surface area contributed by atoms with Crippen molar-refractivity contribution in [1.29, 1.82) is 0 Å². The minimum atomic E-state index is 0.746. The molecule has 0 aliphatic rings. The summed E-state index contributed by atoms with van der Waals surface area (Å²) in [6.07, 6.45) is 12.9. The van der Waals surface area contributed by atoms with E-state index in [1.165, 1.54) is 30.4 Å². The first-order valence-corrected chi connectivity index (χ1v) is 21.8. The van der Waals surface area contributed by atoms with Crippen molar-refractivity contribution < 1.29 is 0 Å². The molecule has 0 amide bonds. The van der Waals surface area contributed by atoms with Crippen LogP contribution in [-0.2, 0) is 25.9 Å². The summed E-state index contributed by atoms with van der Waals surface area (Å²) in [5, 5.41) is 2.25. The Morgan fingerprint density at radius 3 is 1.38 bits per heavy atom. The second-order valence-electron chi connectivity index (χ2n) is 15.8. The summed E-state index contributed by atoms with van der Waals surface area (Å²) in [6, 6.07) is 38.8. The van der Waals surface area contributed by atoms with Crippen molar-refractivity contribution in [2.75, 3.05) is 18.0 Å². The van der Waals surface area contributed by atoms with E-state index >= 15 is 0 Å². The van der Waals surface area contributed by atoms with Crippen molar-refractivity contribution in [3.8, 4) is 0 Å². The number of nitrogens with two attached hydrogens (primary N) is 1. The summed E-state index contributed by atoms with van der Waals surface area (Å²) in [5.41, 5.74) is 14.4. The summed E-state index contributed by atoms with van der Waals surface area (Å²) >= 11 is 0. The van der Waals surface area contributed by atoms with Crippen LogP contribution in [-0.4, -0.2) is 42.2 Å². The molecule has 4 aromatic heterocycles. The van der Waals surface area contributed by atoms with Crippen LogP contribution in [0.1, 0.15) is 101 Å². The van der Waals surface area contributed by atoms with Crippen LogP contribution in [0.15, 0.2) is 109 Å². The summed E-state index contributed by atoms with van der Waals surface area (Å²) in [5.74, 6) is 3.92. The van der Waals surface area contributed by atoms with Crippen LogP contribution < -0.4 is 10.6 Å². The van der Waals surface area contributed by atoms with Crippen LogP contribution in [0.2, 0.25) is 0 Å². The van der Waals surface area contributed by atoms with Gasteiger partial charge in [-0.15, -0.1) is 0 Å². The van der Waals surface area contributed by atoms with E-state index in [0.717, 1.165) is 151 Å². The number of anilines is 2. The predicted octanol–water partition coefficient (Wildman–Crippen LogP) is 11.7. The summed E-state index contributed by atoms with van der Waals surface area (Å²) in [4.78, 5) is 24.7. The van der Waals surface area contributed by atoms with Crippen molar-refractivity contribution in [2.24, 2.45) is 5.73 Å². The molecule has 4 aromatic carbocycles. The van der Waals surface area contributed by atoms with E-state index in [2.05, 4.69) is 137 Å². The van der Waals surface area contributed by atoms with Gasteiger partial charge in [0, 0.05) is 43.2 Å². The molecule has 8 nitrogen and oxygen atoms in total. The molecule has 0 radical (unpaired) electrons.